The van der Waals surface area contributed by atoms with Crippen molar-refractivity contribution in [3.05, 3.63) is 29.3 Å². The predicted molar refractivity (Wildman–Crippen MR) is 63.5 cm³/mol. The lowest BCUT2D eigenvalue weighted by atomic mass is 10.1. The SMILES string of the molecule is c1cc2c(cc1OCC1CCCN1)CNC2. The zero-order chi connectivity index (χ0) is 10.8. The first-order valence-electron chi connectivity index (χ1n) is 6.10. The maximum atomic E-state index is 5.82. The number of ether oxygens (including phenoxy) is 1. The van der Waals surface area contributed by atoms with Gasteiger partial charge in [-0.15, -0.1) is 0 Å². The number of hydrogen-bond acceptors (Lipinski definition) is 3. The minimum Gasteiger partial charge on any atom is -0.492 e. The minimum absolute atomic E-state index is 0.548. The van der Waals surface area contributed by atoms with Crippen LogP contribution in [-0.4, -0.2) is 19.2 Å². The molecular formula is C13H18N2O. The number of hydrogen-bond donors (Lipinski definition) is 2. The first-order valence-corrected chi connectivity index (χ1v) is 6.10. The van der Waals surface area contributed by atoms with Crippen LogP contribution in [0.15, 0.2) is 18.2 Å². The molecule has 0 spiro atoms. The molecule has 0 bridgehead atoms. The Morgan fingerprint density at radius 3 is 3.06 bits per heavy atom. The van der Waals surface area contributed by atoms with E-state index in [0.717, 1.165) is 32.0 Å². The standard InChI is InChI=1S/C13H18N2O/c1-2-12(15-5-1)9-16-13-4-3-10-7-14-8-11(10)6-13/h3-4,6,12,14-15H,1-2,5,7-9H2. The third-order valence-electron chi connectivity index (χ3n) is 3.42. The highest BCUT2D eigenvalue weighted by Crippen LogP contribution is 2.22. The monoisotopic (exact) mass is 218 g/mol. The summed E-state index contributed by atoms with van der Waals surface area (Å²) < 4.78 is 5.82. The average Bonchev–Trinajstić information content (AvgIpc) is 2.97. The zero-order valence-electron chi connectivity index (χ0n) is 9.46. The summed E-state index contributed by atoms with van der Waals surface area (Å²) in [6, 6.07) is 6.98. The Bertz CT molecular complexity index is 372. The Labute approximate surface area is 96.2 Å². The van der Waals surface area contributed by atoms with E-state index in [1.54, 1.807) is 0 Å². The Hall–Kier alpha value is -1.06. The largest absolute Gasteiger partial charge is 0.492 e. The van der Waals surface area contributed by atoms with Gasteiger partial charge in [0.1, 0.15) is 12.4 Å². The molecule has 3 rings (SSSR count). The van der Waals surface area contributed by atoms with Gasteiger partial charge in [-0.3, -0.25) is 0 Å². The van der Waals surface area contributed by atoms with Crippen LogP contribution < -0.4 is 15.4 Å². The first-order chi connectivity index (χ1) is 7.92. The number of nitrogens with one attached hydrogen (secondary N) is 2. The molecule has 1 aromatic rings. The van der Waals surface area contributed by atoms with Crippen molar-refractivity contribution in [1.82, 2.24) is 10.6 Å². The molecule has 16 heavy (non-hydrogen) atoms. The predicted octanol–water partition coefficient (Wildman–Crippen LogP) is 1.42. The molecule has 2 aliphatic heterocycles. The summed E-state index contributed by atoms with van der Waals surface area (Å²) >= 11 is 0. The van der Waals surface area contributed by atoms with Crippen LogP contribution in [0, 0.1) is 0 Å². The highest BCUT2D eigenvalue weighted by Gasteiger charge is 2.15. The Kier molecular flexibility index (Phi) is 2.80. The van der Waals surface area contributed by atoms with Gasteiger partial charge >= 0.3 is 0 Å². The molecule has 86 valence electrons. The van der Waals surface area contributed by atoms with Crippen molar-refractivity contribution in [1.29, 1.82) is 0 Å². The smallest absolute Gasteiger partial charge is 0.119 e. The van der Waals surface area contributed by atoms with Gasteiger partial charge in [0.05, 0.1) is 0 Å². The Morgan fingerprint density at radius 2 is 2.19 bits per heavy atom. The molecule has 0 saturated carbocycles. The maximum absolute atomic E-state index is 5.82. The highest BCUT2D eigenvalue weighted by molar-refractivity contribution is 5.37. The molecule has 2 heterocycles. The lowest BCUT2D eigenvalue weighted by Crippen LogP contribution is -2.28. The lowest BCUT2D eigenvalue weighted by molar-refractivity contribution is 0.277. The van der Waals surface area contributed by atoms with Crippen LogP contribution in [0.5, 0.6) is 5.75 Å². The molecule has 3 heteroatoms. The van der Waals surface area contributed by atoms with E-state index in [4.69, 9.17) is 4.74 Å². The fourth-order valence-corrected chi connectivity index (χ4v) is 2.46. The van der Waals surface area contributed by atoms with Crippen molar-refractivity contribution in [2.24, 2.45) is 0 Å². The normalized spacial score (nSPS) is 23.4. The van der Waals surface area contributed by atoms with Crippen molar-refractivity contribution in [2.45, 2.75) is 32.0 Å². The van der Waals surface area contributed by atoms with E-state index in [1.165, 1.54) is 24.0 Å². The molecule has 2 aliphatic rings. The fraction of sp³-hybridized carbons (Fsp3) is 0.538. The highest BCUT2D eigenvalue weighted by atomic mass is 16.5. The molecule has 1 saturated heterocycles. The summed E-state index contributed by atoms with van der Waals surface area (Å²) in [4.78, 5) is 0. The number of fused-ring (bicyclic) bond motifs is 1. The van der Waals surface area contributed by atoms with E-state index in [9.17, 15) is 0 Å². The second-order valence-corrected chi connectivity index (χ2v) is 4.64. The molecule has 1 aromatic carbocycles. The van der Waals surface area contributed by atoms with Gasteiger partial charge in [0, 0.05) is 19.1 Å². The summed E-state index contributed by atoms with van der Waals surface area (Å²) in [6.07, 6.45) is 2.52. The van der Waals surface area contributed by atoms with Gasteiger partial charge < -0.3 is 15.4 Å². The van der Waals surface area contributed by atoms with Crippen molar-refractivity contribution in [3.8, 4) is 5.75 Å². The second-order valence-electron chi connectivity index (χ2n) is 4.64. The first kappa shape index (κ1) is 10.1. The van der Waals surface area contributed by atoms with E-state index in [2.05, 4.69) is 28.8 Å². The van der Waals surface area contributed by atoms with Gasteiger partial charge in [0.2, 0.25) is 0 Å². The van der Waals surface area contributed by atoms with E-state index < -0.39 is 0 Å². The van der Waals surface area contributed by atoms with E-state index in [-0.39, 0.29) is 0 Å². The van der Waals surface area contributed by atoms with Crippen LogP contribution in [0.4, 0.5) is 0 Å². The minimum atomic E-state index is 0.548. The zero-order valence-corrected chi connectivity index (χ0v) is 9.46. The van der Waals surface area contributed by atoms with Gasteiger partial charge in [-0.1, -0.05) is 6.07 Å². The summed E-state index contributed by atoms with van der Waals surface area (Å²) in [5, 5.41) is 6.79. The fourth-order valence-electron chi connectivity index (χ4n) is 2.46. The molecule has 0 aromatic heterocycles. The topological polar surface area (TPSA) is 33.3 Å². The van der Waals surface area contributed by atoms with Crippen molar-refractivity contribution < 1.29 is 4.74 Å². The third-order valence-corrected chi connectivity index (χ3v) is 3.42. The maximum Gasteiger partial charge on any atom is 0.119 e. The average molecular weight is 218 g/mol. The number of rotatable bonds is 3. The van der Waals surface area contributed by atoms with Gasteiger partial charge in [-0.2, -0.15) is 0 Å². The Balaban J connectivity index is 1.61. The molecular weight excluding hydrogens is 200 g/mol. The molecule has 1 fully saturated rings. The molecule has 0 radical (unpaired) electrons. The van der Waals surface area contributed by atoms with Gasteiger partial charge in [0.25, 0.3) is 0 Å². The summed E-state index contributed by atoms with van der Waals surface area (Å²) in [5.74, 6) is 1.01. The van der Waals surface area contributed by atoms with Crippen molar-refractivity contribution in [3.63, 3.8) is 0 Å². The molecule has 1 unspecified atom stereocenters. The van der Waals surface area contributed by atoms with Gasteiger partial charge in [-0.25, -0.2) is 0 Å². The van der Waals surface area contributed by atoms with E-state index in [1.807, 2.05) is 0 Å². The van der Waals surface area contributed by atoms with Crippen LogP contribution in [-0.2, 0) is 13.1 Å². The van der Waals surface area contributed by atoms with Crippen molar-refractivity contribution >= 4 is 0 Å². The molecule has 2 N–H and O–H groups in total. The number of benzene rings is 1. The van der Waals surface area contributed by atoms with Crippen LogP contribution in [0.1, 0.15) is 24.0 Å². The molecule has 0 amide bonds. The Morgan fingerprint density at radius 1 is 1.25 bits per heavy atom. The quantitative estimate of drug-likeness (QED) is 0.805. The summed E-state index contributed by atoms with van der Waals surface area (Å²) in [5.41, 5.74) is 2.79. The van der Waals surface area contributed by atoms with Gasteiger partial charge in [0.15, 0.2) is 0 Å². The van der Waals surface area contributed by atoms with Crippen molar-refractivity contribution in [2.75, 3.05) is 13.2 Å². The molecule has 1 atom stereocenters. The van der Waals surface area contributed by atoms with Gasteiger partial charge in [-0.05, 0) is 42.6 Å². The summed E-state index contributed by atoms with van der Waals surface area (Å²) in [7, 11) is 0. The molecule has 3 nitrogen and oxygen atoms in total. The van der Waals surface area contributed by atoms with Crippen LogP contribution >= 0.6 is 0 Å². The van der Waals surface area contributed by atoms with E-state index in [0.29, 0.717) is 6.04 Å². The molecule has 0 aliphatic carbocycles. The lowest BCUT2D eigenvalue weighted by Gasteiger charge is -2.12. The van der Waals surface area contributed by atoms with E-state index >= 15 is 0 Å². The van der Waals surface area contributed by atoms with Crippen LogP contribution in [0.3, 0.4) is 0 Å². The third kappa shape index (κ3) is 2.06. The van der Waals surface area contributed by atoms with Crippen LogP contribution in [0.2, 0.25) is 0 Å². The second kappa shape index (κ2) is 4.44. The van der Waals surface area contributed by atoms with Crippen LogP contribution in [0.25, 0.3) is 0 Å². The summed E-state index contributed by atoms with van der Waals surface area (Å²) in [6.45, 7) is 3.92.